The number of amides is 2. The summed E-state index contributed by atoms with van der Waals surface area (Å²) in [6, 6.07) is 12.9. The van der Waals surface area contributed by atoms with Crippen molar-refractivity contribution in [2.24, 2.45) is 0 Å². The summed E-state index contributed by atoms with van der Waals surface area (Å²) in [6.45, 7) is 0.453. The first-order chi connectivity index (χ1) is 10.7. The number of benzene rings is 2. The number of halogens is 2. The van der Waals surface area contributed by atoms with Crippen molar-refractivity contribution in [3.63, 3.8) is 0 Å². The topological polar surface area (TPSA) is 41.1 Å². The van der Waals surface area contributed by atoms with Crippen molar-refractivity contribution in [2.45, 2.75) is 19.3 Å². The number of urea groups is 1. The smallest absolute Gasteiger partial charge is 0.319 e. The highest BCUT2D eigenvalue weighted by Gasteiger charge is 2.10. The third kappa shape index (κ3) is 4.84. The van der Waals surface area contributed by atoms with E-state index in [2.05, 4.69) is 22.8 Å². The van der Waals surface area contributed by atoms with Crippen molar-refractivity contribution in [1.29, 1.82) is 0 Å². The Balaban J connectivity index is 1.68. The number of rotatable bonds is 6. The maximum Gasteiger partial charge on any atom is 0.319 e. The Labute approximate surface area is 128 Å². The highest BCUT2D eigenvalue weighted by Crippen LogP contribution is 2.17. The number of anilines is 1. The molecule has 0 spiro atoms. The van der Waals surface area contributed by atoms with Crippen LogP contribution < -0.4 is 10.6 Å². The molecule has 116 valence electrons. The largest absolute Gasteiger partial charge is 0.338 e. The van der Waals surface area contributed by atoms with Crippen molar-refractivity contribution in [2.75, 3.05) is 11.9 Å². The lowest BCUT2D eigenvalue weighted by atomic mass is 10.1. The molecule has 0 atom stereocenters. The second-order valence-electron chi connectivity index (χ2n) is 4.92. The summed E-state index contributed by atoms with van der Waals surface area (Å²) in [4.78, 5) is 11.6. The van der Waals surface area contributed by atoms with Gasteiger partial charge in [-0.15, -0.1) is 0 Å². The first-order valence-electron chi connectivity index (χ1n) is 7.19. The van der Waals surface area contributed by atoms with Crippen LogP contribution in [0.1, 0.15) is 18.4 Å². The van der Waals surface area contributed by atoms with Gasteiger partial charge in [0.05, 0.1) is 0 Å². The van der Waals surface area contributed by atoms with Crippen LogP contribution in [0, 0.1) is 11.6 Å². The molecule has 0 aliphatic rings. The molecule has 0 bridgehead atoms. The first kappa shape index (κ1) is 15.9. The molecule has 2 rings (SSSR count). The number of hydrogen-bond donors (Lipinski definition) is 2. The van der Waals surface area contributed by atoms with Crippen LogP contribution >= 0.6 is 0 Å². The second-order valence-corrected chi connectivity index (χ2v) is 4.92. The SMILES string of the molecule is O=C(NCCCCc1ccccc1)Nc1c(F)cccc1F. The van der Waals surface area contributed by atoms with Gasteiger partial charge < -0.3 is 10.6 Å². The van der Waals surface area contributed by atoms with E-state index in [1.165, 1.54) is 11.6 Å². The molecule has 0 unspecified atom stereocenters. The fourth-order valence-corrected chi connectivity index (χ4v) is 2.08. The number of nitrogens with one attached hydrogen (secondary N) is 2. The average Bonchev–Trinajstić information content (AvgIpc) is 2.52. The minimum absolute atomic E-state index is 0.427. The van der Waals surface area contributed by atoms with Gasteiger partial charge in [-0.3, -0.25) is 0 Å². The van der Waals surface area contributed by atoms with Crippen molar-refractivity contribution >= 4 is 11.7 Å². The summed E-state index contributed by atoms with van der Waals surface area (Å²) in [5.74, 6) is -1.58. The van der Waals surface area contributed by atoms with Gasteiger partial charge in [0, 0.05) is 6.54 Å². The number of hydrogen-bond acceptors (Lipinski definition) is 1. The molecule has 3 nitrogen and oxygen atoms in total. The van der Waals surface area contributed by atoms with Crippen molar-refractivity contribution in [3.8, 4) is 0 Å². The van der Waals surface area contributed by atoms with Crippen LogP contribution in [0.4, 0.5) is 19.3 Å². The highest BCUT2D eigenvalue weighted by atomic mass is 19.1. The molecule has 22 heavy (non-hydrogen) atoms. The molecule has 0 aliphatic heterocycles. The molecule has 5 heteroatoms. The Hall–Kier alpha value is -2.43. The second kappa shape index (κ2) is 8.12. The molecule has 0 aliphatic carbocycles. The summed E-state index contributed by atoms with van der Waals surface area (Å²) < 4.78 is 26.7. The fraction of sp³-hybridized carbons (Fsp3) is 0.235. The normalized spacial score (nSPS) is 10.3. The summed E-state index contributed by atoms with van der Waals surface area (Å²) in [6.07, 6.45) is 2.66. The van der Waals surface area contributed by atoms with Crippen LogP contribution in [-0.2, 0) is 6.42 Å². The minimum atomic E-state index is -0.792. The predicted molar refractivity (Wildman–Crippen MR) is 82.8 cm³/mol. The Morgan fingerprint density at radius 1 is 0.909 bits per heavy atom. The minimum Gasteiger partial charge on any atom is -0.338 e. The summed E-state index contributed by atoms with van der Waals surface area (Å²) in [7, 11) is 0. The molecular formula is C17H18F2N2O. The van der Waals surface area contributed by atoms with Crippen LogP contribution in [0.2, 0.25) is 0 Å². The molecule has 2 aromatic rings. The lowest BCUT2D eigenvalue weighted by Crippen LogP contribution is -2.30. The van der Waals surface area contributed by atoms with Gasteiger partial charge >= 0.3 is 6.03 Å². The first-order valence-corrected chi connectivity index (χ1v) is 7.19. The molecule has 2 aromatic carbocycles. The number of aryl methyl sites for hydroxylation is 1. The zero-order valence-corrected chi connectivity index (χ0v) is 12.1. The number of carbonyl (C=O) groups excluding carboxylic acids is 1. The molecule has 0 aromatic heterocycles. The highest BCUT2D eigenvalue weighted by molar-refractivity contribution is 5.89. The fourth-order valence-electron chi connectivity index (χ4n) is 2.08. The van der Waals surface area contributed by atoms with Gasteiger partial charge in [-0.2, -0.15) is 0 Å². The van der Waals surface area contributed by atoms with E-state index < -0.39 is 23.4 Å². The summed E-state index contributed by atoms with van der Waals surface area (Å²) >= 11 is 0. The molecule has 0 fully saturated rings. The third-order valence-electron chi connectivity index (χ3n) is 3.22. The van der Waals surface area contributed by atoms with Crippen LogP contribution in [0.5, 0.6) is 0 Å². The van der Waals surface area contributed by atoms with Crippen LogP contribution in [0.25, 0.3) is 0 Å². The van der Waals surface area contributed by atoms with E-state index in [0.29, 0.717) is 6.54 Å². The molecule has 0 heterocycles. The quantitative estimate of drug-likeness (QED) is 0.775. The Morgan fingerprint density at radius 2 is 1.59 bits per heavy atom. The lowest BCUT2D eigenvalue weighted by molar-refractivity contribution is 0.251. The van der Waals surface area contributed by atoms with E-state index >= 15 is 0 Å². The maximum atomic E-state index is 13.4. The van der Waals surface area contributed by atoms with Gasteiger partial charge in [0.2, 0.25) is 0 Å². The van der Waals surface area contributed by atoms with Crippen molar-refractivity contribution < 1.29 is 13.6 Å². The van der Waals surface area contributed by atoms with Crippen LogP contribution in [-0.4, -0.2) is 12.6 Å². The Morgan fingerprint density at radius 3 is 2.27 bits per heavy atom. The third-order valence-corrected chi connectivity index (χ3v) is 3.22. The Bertz CT molecular complexity index is 597. The standard InChI is InChI=1S/C17H18F2N2O/c18-14-10-6-11-15(19)16(14)21-17(22)20-12-5-4-9-13-7-2-1-3-8-13/h1-3,6-8,10-11H,4-5,9,12H2,(H2,20,21,22). The van der Waals surface area contributed by atoms with Gasteiger partial charge in [-0.1, -0.05) is 36.4 Å². The number of carbonyl (C=O) groups is 1. The van der Waals surface area contributed by atoms with E-state index in [4.69, 9.17) is 0 Å². The molecule has 2 amide bonds. The van der Waals surface area contributed by atoms with E-state index in [9.17, 15) is 13.6 Å². The molecule has 2 N–H and O–H groups in total. The molecule has 0 saturated heterocycles. The molecule has 0 saturated carbocycles. The van der Waals surface area contributed by atoms with E-state index in [0.717, 1.165) is 31.4 Å². The number of unbranched alkanes of at least 4 members (excludes halogenated alkanes) is 1. The predicted octanol–water partition coefficient (Wildman–Crippen LogP) is 4.11. The molecule has 0 radical (unpaired) electrons. The zero-order valence-electron chi connectivity index (χ0n) is 12.1. The van der Waals surface area contributed by atoms with Crippen LogP contribution in [0.15, 0.2) is 48.5 Å². The zero-order chi connectivity index (χ0) is 15.8. The van der Waals surface area contributed by atoms with E-state index in [1.807, 2.05) is 18.2 Å². The van der Waals surface area contributed by atoms with Crippen LogP contribution in [0.3, 0.4) is 0 Å². The molecular weight excluding hydrogens is 286 g/mol. The summed E-state index contributed by atoms with van der Waals surface area (Å²) in [5.41, 5.74) is 0.824. The number of para-hydroxylation sites is 1. The van der Waals surface area contributed by atoms with E-state index in [1.54, 1.807) is 0 Å². The van der Waals surface area contributed by atoms with Gasteiger partial charge in [0.25, 0.3) is 0 Å². The lowest BCUT2D eigenvalue weighted by Gasteiger charge is -2.09. The maximum absolute atomic E-state index is 13.4. The van der Waals surface area contributed by atoms with E-state index in [-0.39, 0.29) is 0 Å². The van der Waals surface area contributed by atoms with Gasteiger partial charge in [-0.05, 0) is 37.0 Å². The van der Waals surface area contributed by atoms with Gasteiger partial charge in [-0.25, -0.2) is 13.6 Å². The van der Waals surface area contributed by atoms with Crippen molar-refractivity contribution in [3.05, 3.63) is 65.7 Å². The van der Waals surface area contributed by atoms with Crippen molar-refractivity contribution in [1.82, 2.24) is 5.32 Å². The monoisotopic (exact) mass is 304 g/mol. The van der Waals surface area contributed by atoms with Gasteiger partial charge in [0.1, 0.15) is 17.3 Å². The Kier molecular flexibility index (Phi) is 5.89. The van der Waals surface area contributed by atoms with Gasteiger partial charge in [0.15, 0.2) is 0 Å². The average molecular weight is 304 g/mol. The summed E-state index contributed by atoms with van der Waals surface area (Å²) in [5, 5.41) is 4.78.